The quantitative estimate of drug-likeness (QED) is 0.540. The minimum absolute atomic E-state index is 0.0247. The van der Waals surface area contributed by atoms with Crippen LogP contribution in [0.1, 0.15) is 6.42 Å². The summed E-state index contributed by atoms with van der Waals surface area (Å²) in [6.45, 7) is 2.89. The van der Waals surface area contributed by atoms with Crippen LogP contribution < -0.4 is 11.1 Å². The first-order valence-corrected chi connectivity index (χ1v) is 3.57. The van der Waals surface area contributed by atoms with E-state index in [1.165, 1.54) is 0 Å². The van der Waals surface area contributed by atoms with Crippen molar-refractivity contribution in [1.82, 2.24) is 10.2 Å². The summed E-state index contributed by atoms with van der Waals surface area (Å²) in [6, 6.07) is 0.0247. The molecular weight excluding hydrogens is 130 g/mol. The minimum Gasteiger partial charge on any atom is -0.337 e. The van der Waals surface area contributed by atoms with Gasteiger partial charge in [0.1, 0.15) is 0 Å². The number of hydrogen-bond donors (Lipinski definition) is 2. The Kier molecular flexibility index (Phi) is 2.50. The molecule has 1 rings (SSSR count). The Balaban J connectivity index is 2.08. The van der Waals surface area contributed by atoms with Crippen molar-refractivity contribution in [3.63, 3.8) is 0 Å². The molecule has 1 aliphatic rings. The highest BCUT2D eigenvalue weighted by molar-refractivity contribution is 5.74. The van der Waals surface area contributed by atoms with Gasteiger partial charge in [0.2, 0.25) is 0 Å². The van der Waals surface area contributed by atoms with Gasteiger partial charge >= 0.3 is 6.03 Å². The van der Waals surface area contributed by atoms with Gasteiger partial charge in [0.15, 0.2) is 0 Å². The molecule has 0 atom stereocenters. The van der Waals surface area contributed by atoms with E-state index in [0.29, 0.717) is 13.1 Å². The van der Waals surface area contributed by atoms with Gasteiger partial charge < -0.3 is 16.0 Å². The highest BCUT2D eigenvalue weighted by Crippen LogP contribution is 2.04. The van der Waals surface area contributed by atoms with E-state index >= 15 is 0 Å². The van der Waals surface area contributed by atoms with Crippen molar-refractivity contribution in [1.29, 1.82) is 0 Å². The Bertz CT molecular complexity index is 122. The van der Waals surface area contributed by atoms with E-state index in [-0.39, 0.29) is 6.03 Å². The van der Waals surface area contributed by atoms with Gasteiger partial charge in [-0.3, -0.25) is 0 Å². The van der Waals surface area contributed by atoms with Crippen LogP contribution in [0.3, 0.4) is 0 Å². The number of urea groups is 1. The zero-order valence-corrected chi connectivity index (χ0v) is 5.97. The maximum absolute atomic E-state index is 10.9. The molecule has 0 saturated carbocycles. The molecule has 0 radical (unpaired) electrons. The smallest absolute Gasteiger partial charge is 0.317 e. The molecule has 1 saturated heterocycles. The maximum atomic E-state index is 10.9. The molecule has 1 heterocycles. The number of hydrogen-bond acceptors (Lipinski definition) is 2. The third-order valence-electron chi connectivity index (χ3n) is 1.56. The normalized spacial score (nSPS) is 16.3. The van der Waals surface area contributed by atoms with E-state index in [9.17, 15) is 4.79 Å². The molecule has 1 fully saturated rings. The molecule has 2 amide bonds. The molecule has 0 aromatic carbocycles. The number of amides is 2. The number of carbonyl (C=O) groups is 1. The molecule has 0 aromatic rings. The van der Waals surface area contributed by atoms with Crippen molar-refractivity contribution in [3.8, 4) is 0 Å². The molecule has 4 heteroatoms. The summed E-state index contributed by atoms with van der Waals surface area (Å²) in [5.74, 6) is 0. The number of carbonyl (C=O) groups excluding carboxylic acids is 1. The molecule has 10 heavy (non-hydrogen) atoms. The predicted molar refractivity (Wildman–Crippen MR) is 38.6 cm³/mol. The summed E-state index contributed by atoms with van der Waals surface area (Å²) >= 11 is 0. The van der Waals surface area contributed by atoms with Crippen LogP contribution in [0.2, 0.25) is 0 Å². The van der Waals surface area contributed by atoms with Gasteiger partial charge in [-0.1, -0.05) is 0 Å². The molecule has 0 bridgehead atoms. The zero-order chi connectivity index (χ0) is 7.40. The van der Waals surface area contributed by atoms with E-state index in [0.717, 1.165) is 19.5 Å². The Morgan fingerprint density at radius 1 is 1.60 bits per heavy atom. The average molecular weight is 143 g/mol. The van der Waals surface area contributed by atoms with Crippen molar-refractivity contribution >= 4 is 6.03 Å². The van der Waals surface area contributed by atoms with E-state index in [1.54, 1.807) is 4.90 Å². The molecule has 58 valence electrons. The van der Waals surface area contributed by atoms with E-state index in [2.05, 4.69) is 5.32 Å². The lowest BCUT2D eigenvalue weighted by atomic mass is 10.2. The molecule has 0 spiro atoms. The summed E-state index contributed by atoms with van der Waals surface area (Å²) in [5, 5.41) is 2.70. The van der Waals surface area contributed by atoms with Gasteiger partial charge in [-0.25, -0.2) is 4.79 Å². The Morgan fingerprint density at radius 3 is 2.70 bits per heavy atom. The first kappa shape index (κ1) is 7.34. The lowest BCUT2D eigenvalue weighted by molar-refractivity contribution is 0.168. The summed E-state index contributed by atoms with van der Waals surface area (Å²) in [4.78, 5) is 12.7. The fraction of sp³-hybridized carbons (Fsp3) is 0.833. The van der Waals surface area contributed by atoms with Crippen LogP contribution in [0.15, 0.2) is 0 Å². The number of nitrogens with two attached hydrogens (primary N) is 1. The maximum Gasteiger partial charge on any atom is 0.317 e. The van der Waals surface area contributed by atoms with Crippen LogP contribution in [-0.2, 0) is 0 Å². The molecule has 0 aliphatic carbocycles. The third-order valence-corrected chi connectivity index (χ3v) is 1.56. The monoisotopic (exact) mass is 143 g/mol. The van der Waals surface area contributed by atoms with Crippen molar-refractivity contribution < 1.29 is 4.79 Å². The summed E-state index contributed by atoms with van der Waals surface area (Å²) < 4.78 is 0. The predicted octanol–water partition coefficient (Wildman–Crippen LogP) is -0.640. The molecule has 1 aliphatic heterocycles. The van der Waals surface area contributed by atoms with Gasteiger partial charge in [0.05, 0.1) is 0 Å². The second-order valence-corrected chi connectivity index (χ2v) is 2.36. The molecule has 0 unspecified atom stereocenters. The van der Waals surface area contributed by atoms with Crippen LogP contribution in [0.4, 0.5) is 4.79 Å². The van der Waals surface area contributed by atoms with Crippen LogP contribution in [0.25, 0.3) is 0 Å². The topological polar surface area (TPSA) is 58.4 Å². The Hall–Kier alpha value is -0.770. The van der Waals surface area contributed by atoms with Crippen LogP contribution in [-0.4, -0.2) is 37.1 Å². The van der Waals surface area contributed by atoms with Crippen molar-refractivity contribution in [2.24, 2.45) is 5.73 Å². The standard InChI is InChI=1S/C6H13N3O/c7-2-3-8-6(10)9-4-1-5-9/h1-5,7H2,(H,8,10). The highest BCUT2D eigenvalue weighted by Gasteiger charge is 2.18. The van der Waals surface area contributed by atoms with Crippen molar-refractivity contribution in [2.45, 2.75) is 6.42 Å². The first-order valence-electron chi connectivity index (χ1n) is 3.57. The van der Waals surface area contributed by atoms with Crippen molar-refractivity contribution in [2.75, 3.05) is 26.2 Å². The second kappa shape index (κ2) is 3.41. The lowest BCUT2D eigenvalue weighted by Crippen LogP contribution is -2.48. The van der Waals surface area contributed by atoms with Crippen LogP contribution >= 0.6 is 0 Å². The molecule has 4 nitrogen and oxygen atoms in total. The van der Waals surface area contributed by atoms with Gasteiger partial charge in [-0.15, -0.1) is 0 Å². The van der Waals surface area contributed by atoms with Gasteiger partial charge in [-0.05, 0) is 6.42 Å². The number of nitrogens with zero attached hydrogens (tertiary/aromatic N) is 1. The highest BCUT2D eigenvalue weighted by atomic mass is 16.2. The number of likely N-dealkylation sites (tertiary alicyclic amines) is 1. The summed E-state index contributed by atoms with van der Waals surface area (Å²) in [7, 11) is 0. The fourth-order valence-corrected chi connectivity index (χ4v) is 0.810. The number of rotatable bonds is 2. The van der Waals surface area contributed by atoms with Crippen LogP contribution in [0, 0.1) is 0 Å². The Labute approximate surface area is 60.4 Å². The second-order valence-electron chi connectivity index (χ2n) is 2.36. The lowest BCUT2D eigenvalue weighted by Gasteiger charge is -2.30. The third kappa shape index (κ3) is 1.60. The van der Waals surface area contributed by atoms with Gasteiger partial charge in [0.25, 0.3) is 0 Å². The van der Waals surface area contributed by atoms with Crippen LogP contribution in [0.5, 0.6) is 0 Å². The fourth-order valence-electron chi connectivity index (χ4n) is 0.810. The van der Waals surface area contributed by atoms with Gasteiger partial charge in [0, 0.05) is 26.2 Å². The molecular formula is C6H13N3O. The van der Waals surface area contributed by atoms with E-state index < -0.39 is 0 Å². The molecule has 3 N–H and O–H groups in total. The minimum atomic E-state index is 0.0247. The summed E-state index contributed by atoms with van der Waals surface area (Å²) in [5.41, 5.74) is 5.20. The van der Waals surface area contributed by atoms with Crippen molar-refractivity contribution in [3.05, 3.63) is 0 Å². The zero-order valence-electron chi connectivity index (χ0n) is 5.97. The van der Waals surface area contributed by atoms with E-state index in [4.69, 9.17) is 5.73 Å². The van der Waals surface area contributed by atoms with E-state index in [1.807, 2.05) is 0 Å². The summed E-state index contributed by atoms with van der Waals surface area (Å²) in [6.07, 6.45) is 1.13. The Morgan fingerprint density at radius 2 is 2.30 bits per heavy atom. The largest absolute Gasteiger partial charge is 0.337 e. The average Bonchev–Trinajstić information content (AvgIpc) is 1.79. The first-order chi connectivity index (χ1) is 4.84. The molecule has 0 aromatic heterocycles. The number of nitrogens with one attached hydrogen (secondary N) is 1. The SMILES string of the molecule is NCCNC(=O)N1CCC1. The van der Waals surface area contributed by atoms with Gasteiger partial charge in [-0.2, -0.15) is 0 Å².